The maximum atomic E-state index is 12.9. The van der Waals surface area contributed by atoms with E-state index >= 15 is 0 Å². The molecule has 0 unspecified atom stereocenters. The third-order valence-corrected chi connectivity index (χ3v) is 15.1. The van der Waals surface area contributed by atoms with Crippen LogP contribution in [0.1, 0.15) is 136 Å². The molecule has 5 fully saturated rings. The second-order valence-electron chi connectivity index (χ2n) is 16.4. The minimum Gasteiger partial charge on any atom is -0.458 e. The van der Waals surface area contributed by atoms with Crippen molar-refractivity contribution in [1.82, 2.24) is 0 Å². The fourth-order valence-electron chi connectivity index (χ4n) is 12.6. The highest BCUT2D eigenvalue weighted by atomic mass is 16.5. The van der Waals surface area contributed by atoms with Crippen molar-refractivity contribution in [3.63, 3.8) is 0 Å². The molecule has 0 aromatic heterocycles. The molecule has 11 atom stereocenters. The number of hydrogen-bond donors (Lipinski definition) is 0. The van der Waals surface area contributed by atoms with Gasteiger partial charge < -0.3 is 4.74 Å². The van der Waals surface area contributed by atoms with E-state index in [1.807, 2.05) is 30.3 Å². The van der Waals surface area contributed by atoms with Crippen LogP contribution in [0, 0.1) is 63.1 Å². The molecule has 1 aromatic carbocycles. The predicted molar refractivity (Wildman–Crippen MR) is 165 cm³/mol. The van der Waals surface area contributed by atoms with Gasteiger partial charge in [0.25, 0.3) is 0 Å². The van der Waals surface area contributed by atoms with Crippen LogP contribution in [0.4, 0.5) is 0 Å². The minimum atomic E-state index is -0.127. The van der Waals surface area contributed by atoms with Crippen LogP contribution in [-0.2, 0) is 4.74 Å². The first-order valence-electron chi connectivity index (χ1n) is 17.3. The molecule has 6 rings (SSSR count). The number of esters is 1. The van der Waals surface area contributed by atoms with Crippen molar-refractivity contribution in [2.75, 3.05) is 0 Å². The largest absolute Gasteiger partial charge is 0.458 e. The first kappa shape index (κ1) is 28.8. The van der Waals surface area contributed by atoms with Crippen molar-refractivity contribution in [1.29, 1.82) is 0 Å². The lowest BCUT2D eigenvalue weighted by Crippen LogP contribution is -2.56. The minimum absolute atomic E-state index is 0.0801. The molecule has 5 aliphatic rings. The van der Waals surface area contributed by atoms with Gasteiger partial charge in [0, 0.05) is 0 Å². The van der Waals surface area contributed by atoms with Gasteiger partial charge >= 0.3 is 5.97 Å². The summed E-state index contributed by atoms with van der Waals surface area (Å²) < 4.78 is 6.21. The summed E-state index contributed by atoms with van der Waals surface area (Å²) in [6, 6.07) is 9.61. The van der Waals surface area contributed by atoms with E-state index < -0.39 is 0 Å². The van der Waals surface area contributed by atoms with E-state index in [1.54, 1.807) is 0 Å². The smallest absolute Gasteiger partial charge is 0.338 e. The molecule has 5 saturated carbocycles. The van der Waals surface area contributed by atoms with Gasteiger partial charge in [-0.25, -0.2) is 4.79 Å². The maximum absolute atomic E-state index is 12.9. The number of carbonyl (C=O) groups excluding carboxylic acids is 1. The summed E-state index contributed by atoms with van der Waals surface area (Å²) in [5, 5.41) is 0. The zero-order valence-electron chi connectivity index (χ0n) is 26.8. The Bertz CT molecular complexity index is 1080. The van der Waals surface area contributed by atoms with E-state index in [1.165, 1.54) is 70.6 Å². The highest BCUT2D eigenvalue weighted by Gasteiger charge is 2.81. The number of rotatable bonds is 8. The Balaban J connectivity index is 1.16. The van der Waals surface area contributed by atoms with Gasteiger partial charge in [0.1, 0.15) is 6.10 Å². The third-order valence-electron chi connectivity index (χ3n) is 15.1. The normalized spacial score (nSPS) is 45.0. The number of carbonyl (C=O) groups is 1. The molecule has 0 aliphatic heterocycles. The van der Waals surface area contributed by atoms with Gasteiger partial charge in [-0.1, -0.05) is 79.5 Å². The van der Waals surface area contributed by atoms with Crippen molar-refractivity contribution < 1.29 is 9.53 Å². The molecule has 2 heteroatoms. The van der Waals surface area contributed by atoms with Crippen LogP contribution in [0.25, 0.3) is 0 Å². The lowest BCUT2D eigenvalue weighted by atomic mass is 9.43. The molecule has 0 radical (unpaired) electrons. The van der Waals surface area contributed by atoms with Gasteiger partial charge in [-0.3, -0.25) is 0 Å². The Hall–Kier alpha value is -1.31. The Morgan fingerprint density at radius 3 is 2.35 bits per heavy atom. The topological polar surface area (TPSA) is 26.3 Å². The standard InChI is InChI=1S/C38H58O2/c1-8-28(25(2)3)15-14-26(4)30-18-20-36(7)33-17-16-31-27(5)32(40-34(39)29-12-10-9-11-13-29)19-21-37(31)24-38(33,37)23-22-35(30,36)6/h9-13,25-28,30-33H,8,14-24H2,1-7H3/t26-,27+,28-,30-,31+,32+,33+,35-,36+,37-,38+/m1/s1. The average Bonchev–Trinajstić information content (AvgIpc) is 3.52. The van der Waals surface area contributed by atoms with Crippen molar-refractivity contribution in [2.24, 2.45) is 63.1 Å². The third kappa shape index (κ3) is 4.03. The first-order chi connectivity index (χ1) is 19.0. The molecule has 0 N–H and O–H groups in total. The van der Waals surface area contributed by atoms with Crippen molar-refractivity contribution in [3.8, 4) is 0 Å². The number of fused-ring (bicyclic) bond motifs is 2. The van der Waals surface area contributed by atoms with Crippen LogP contribution in [0.2, 0.25) is 0 Å². The average molecular weight is 547 g/mol. The summed E-state index contributed by atoms with van der Waals surface area (Å²) in [6.45, 7) is 17.8. The molecule has 0 amide bonds. The molecule has 0 heterocycles. The highest BCUT2D eigenvalue weighted by Crippen LogP contribution is 2.88. The Morgan fingerprint density at radius 2 is 1.65 bits per heavy atom. The Morgan fingerprint density at radius 1 is 0.900 bits per heavy atom. The van der Waals surface area contributed by atoms with Gasteiger partial charge in [-0.05, 0) is 139 Å². The second kappa shape index (κ2) is 10.2. The summed E-state index contributed by atoms with van der Waals surface area (Å²) in [5.74, 6) is 5.45. The molecule has 222 valence electrons. The summed E-state index contributed by atoms with van der Waals surface area (Å²) in [5.41, 5.74) is 2.81. The maximum Gasteiger partial charge on any atom is 0.338 e. The molecular weight excluding hydrogens is 488 g/mol. The van der Waals surface area contributed by atoms with Crippen molar-refractivity contribution in [2.45, 2.75) is 132 Å². The van der Waals surface area contributed by atoms with Gasteiger partial charge in [-0.2, -0.15) is 0 Å². The molecule has 0 bridgehead atoms. The molecular formula is C38H58O2. The predicted octanol–water partition coefficient (Wildman–Crippen LogP) is 10.4. The first-order valence-corrected chi connectivity index (χ1v) is 17.3. The summed E-state index contributed by atoms with van der Waals surface area (Å²) >= 11 is 0. The van der Waals surface area contributed by atoms with Crippen LogP contribution < -0.4 is 0 Å². The summed E-state index contributed by atoms with van der Waals surface area (Å²) in [6.07, 6.45) is 16.7. The molecule has 2 spiro atoms. The van der Waals surface area contributed by atoms with E-state index in [4.69, 9.17) is 4.74 Å². The molecule has 0 saturated heterocycles. The zero-order chi connectivity index (χ0) is 28.5. The number of benzene rings is 1. The van der Waals surface area contributed by atoms with Crippen LogP contribution >= 0.6 is 0 Å². The van der Waals surface area contributed by atoms with Gasteiger partial charge in [-0.15, -0.1) is 0 Å². The van der Waals surface area contributed by atoms with Crippen LogP contribution in [0.15, 0.2) is 30.3 Å². The van der Waals surface area contributed by atoms with E-state index in [-0.39, 0.29) is 12.1 Å². The molecule has 5 aliphatic carbocycles. The van der Waals surface area contributed by atoms with E-state index in [2.05, 4.69) is 48.5 Å². The fraction of sp³-hybridized carbons (Fsp3) is 0.816. The lowest BCUT2D eigenvalue weighted by Gasteiger charge is -2.62. The van der Waals surface area contributed by atoms with Crippen LogP contribution in [0.3, 0.4) is 0 Å². The summed E-state index contributed by atoms with van der Waals surface area (Å²) in [7, 11) is 0. The van der Waals surface area contributed by atoms with E-state index in [9.17, 15) is 4.79 Å². The van der Waals surface area contributed by atoms with E-state index in [0.717, 1.165) is 41.9 Å². The fourth-order valence-corrected chi connectivity index (χ4v) is 12.6. The zero-order valence-corrected chi connectivity index (χ0v) is 26.8. The Labute approximate surface area is 245 Å². The van der Waals surface area contributed by atoms with Crippen LogP contribution in [0.5, 0.6) is 0 Å². The monoisotopic (exact) mass is 546 g/mol. The number of hydrogen-bond acceptors (Lipinski definition) is 2. The van der Waals surface area contributed by atoms with Gasteiger partial charge in [0.2, 0.25) is 0 Å². The summed E-state index contributed by atoms with van der Waals surface area (Å²) in [4.78, 5) is 12.9. The van der Waals surface area contributed by atoms with Crippen molar-refractivity contribution >= 4 is 5.97 Å². The lowest BCUT2D eigenvalue weighted by molar-refractivity contribution is -0.143. The molecule has 40 heavy (non-hydrogen) atoms. The SMILES string of the molecule is CC[C@H](CC[C@@H](C)[C@H]1CC[C@@]2(C)[C@@H]3CC[C@H]4[C@H](C)[C@@H](OC(=O)c5ccccc5)CC[C@@]45C[C@@]35CC[C@]12C)C(C)C. The van der Waals surface area contributed by atoms with Gasteiger partial charge in [0.05, 0.1) is 5.56 Å². The number of ether oxygens (including phenoxy) is 1. The molecule has 2 nitrogen and oxygen atoms in total. The second-order valence-corrected chi connectivity index (χ2v) is 16.4. The Kier molecular flexibility index (Phi) is 7.31. The highest BCUT2D eigenvalue weighted by molar-refractivity contribution is 5.89. The quantitative estimate of drug-likeness (QED) is 0.303. The van der Waals surface area contributed by atoms with E-state index in [0.29, 0.717) is 33.1 Å². The van der Waals surface area contributed by atoms with Gasteiger partial charge in [0.15, 0.2) is 0 Å². The van der Waals surface area contributed by atoms with Crippen molar-refractivity contribution in [3.05, 3.63) is 35.9 Å². The molecule has 1 aromatic rings. The van der Waals surface area contributed by atoms with Crippen LogP contribution in [-0.4, -0.2) is 12.1 Å².